The van der Waals surface area contributed by atoms with Crippen LogP contribution in [0.3, 0.4) is 0 Å². The van der Waals surface area contributed by atoms with E-state index in [1.165, 1.54) is 12.1 Å². The topological polar surface area (TPSA) is 36.3 Å². The van der Waals surface area contributed by atoms with Crippen LogP contribution in [0.5, 0.6) is 0 Å². The normalized spacial score (nSPS) is 33.3. The molecule has 2 bridgehead atoms. The highest BCUT2D eigenvalue weighted by atomic mass is 19.1. The summed E-state index contributed by atoms with van der Waals surface area (Å²) in [4.78, 5) is 2.09. The second-order valence-electron chi connectivity index (χ2n) is 5.45. The molecular weight excluding hydrogens is 231 g/mol. The molecule has 0 aromatic heterocycles. The molecule has 0 aliphatic carbocycles. The predicted molar refractivity (Wildman–Crippen MR) is 65.1 cm³/mol. The number of nitrogens with one attached hydrogen (secondary N) is 1. The van der Waals surface area contributed by atoms with E-state index in [1.54, 1.807) is 6.07 Å². The first-order valence-electron chi connectivity index (χ1n) is 6.52. The summed E-state index contributed by atoms with van der Waals surface area (Å²) in [5.74, 6) is 0.204. The van der Waals surface area contributed by atoms with Crippen molar-refractivity contribution in [1.82, 2.24) is 4.90 Å². The maximum absolute atomic E-state index is 13.2. The summed E-state index contributed by atoms with van der Waals surface area (Å²) < 4.78 is 19.1. The molecule has 4 rings (SSSR count). The zero-order valence-electron chi connectivity index (χ0n) is 10.0. The van der Waals surface area contributed by atoms with E-state index in [1.807, 2.05) is 0 Å². The Morgan fingerprint density at radius 2 is 2.22 bits per heavy atom. The lowest BCUT2D eigenvalue weighted by molar-refractivity contribution is 0.0855. The molecule has 1 N–H and O–H groups in total. The average molecular weight is 246 g/mol. The lowest BCUT2D eigenvalue weighted by atomic mass is 9.94. The number of nitrogens with zero attached hydrogens (tertiary/aromatic N) is 1. The third-order valence-electron chi connectivity index (χ3n) is 4.43. The van der Waals surface area contributed by atoms with Crippen LogP contribution in [0.15, 0.2) is 18.2 Å². The quantitative estimate of drug-likeness (QED) is 0.825. The molecule has 3 atom stereocenters. The molecule has 94 valence electrons. The molecule has 2 fully saturated rings. The fourth-order valence-corrected chi connectivity index (χ4v) is 3.55. The minimum absolute atomic E-state index is 0.260. The Morgan fingerprint density at radius 1 is 1.33 bits per heavy atom. The van der Waals surface area contributed by atoms with E-state index in [4.69, 9.17) is 10.1 Å². The summed E-state index contributed by atoms with van der Waals surface area (Å²) in [6.07, 6.45) is 3.93. The summed E-state index contributed by atoms with van der Waals surface area (Å²) in [5, 5.41) is 8.23. The molecule has 2 saturated heterocycles. The monoisotopic (exact) mass is 246 g/mol. The first kappa shape index (κ1) is 10.5. The predicted octanol–water partition coefficient (Wildman–Crippen LogP) is 2.29. The van der Waals surface area contributed by atoms with Crippen LogP contribution in [0, 0.1) is 11.2 Å². The molecular formula is C14H15FN2O. The number of ether oxygens (including phenoxy) is 1. The molecule has 3 heterocycles. The number of hydrogen-bond donors (Lipinski definition) is 1. The van der Waals surface area contributed by atoms with Gasteiger partial charge in [0.2, 0.25) is 0 Å². The first-order chi connectivity index (χ1) is 8.72. The van der Waals surface area contributed by atoms with Crippen LogP contribution >= 0.6 is 0 Å². The Morgan fingerprint density at radius 3 is 2.94 bits per heavy atom. The van der Waals surface area contributed by atoms with E-state index >= 15 is 0 Å². The lowest BCUT2D eigenvalue weighted by Gasteiger charge is -2.30. The maximum Gasteiger partial charge on any atom is 0.129 e. The molecule has 3 unspecified atom stereocenters. The Kier molecular flexibility index (Phi) is 2.07. The smallest absolute Gasteiger partial charge is 0.129 e. The second kappa shape index (κ2) is 3.54. The molecule has 3 aliphatic rings. The Bertz CT molecular complexity index is 531. The lowest BCUT2D eigenvalue weighted by Crippen LogP contribution is -2.41. The van der Waals surface area contributed by atoms with Crippen molar-refractivity contribution in [2.24, 2.45) is 0 Å². The van der Waals surface area contributed by atoms with Crippen molar-refractivity contribution in [3.63, 3.8) is 0 Å². The van der Waals surface area contributed by atoms with E-state index in [2.05, 4.69) is 4.90 Å². The number of fused-ring (bicyclic) bond motifs is 3. The van der Waals surface area contributed by atoms with Crippen molar-refractivity contribution in [1.29, 1.82) is 5.41 Å². The van der Waals surface area contributed by atoms with Crippen molar-refractivity contribution in [3.8, 4) is 0 Å². The minimum atomic E-state index is -0.260. The van der Waals surface area contributed by atoms with Crippen molar-refractivity contribution in [3.05, 3.63) is 35.1 Å². The third-order valence-corrected chi connectivity index (χ3v) is 4.43. The number of halogens is 1. The van der Waals surface area contributed by atoms with Crippen molar-refractivity contribution in [2.45, 2.75) is 44.1 Å². The van der Waals surface area contributed by atoms with Gasteiger partial charge < -0.3 is 9.64 Å². The first-order valence-corrected chi connectivity index (χ1v) is 6.52. The molecule has 0 amide bonds. The van der Waals surface area contributed by atoms with Crippen molar-refractivity contribution in [2.75, 3.05) is 0 Å². The second-order valence-corrected chi connectivity index (χ2v) is 5.45. The van der Waals surface area contributed by atoms with Crippen LogP contribution in [-0.2, 0) is 11.3 Å². The fraction of sp³-hybridized carbons (Fsp3) is 0.500. The molecule has 4 heteroatoms. The van der Waals surface area contributed by atoms with Crippen LogP contribution < -0.4 is 0 Å². The molecule has 18 heavy (non-hydrogen) atoms. The van der Waals surface area contributed by atoms with Crippen LogP contribution in [0.4, 0.5) is 4.39 Å². The van der Waals surface area contributed by atoms with Gasteiger partial charge in [-0.25, -0.2) is 4.39 Å². The standard InChI is InChI=1S/C14H15FN2O/c15-9-2-1-8-7-17(14(16)11(8)5-9)12-6-10-3-4-13(12)18-10/h1-2,5,10,12-13,16H,3-4,6-7H2. The van der Waals surface area contributed by atoms with Gasteiger partial charge in [-0.1, -0.05) is 6.07 Å². The summed E-state index contributed by atoms with van der Waals surface area (Å²) in [6.45, 7) is 0.728. The minimum Gasteiger partial charge on any atom is -0.373 e. The van der Waals surface area contributed by atoms with Crippen molar-refractivity contribution < 1.29 is 9.13 Å². The highest BCUT2D eigenvalue weighted by Crippen LogP contribution is 2.40. The van der Waals surface area contributed by atoms with Gasteiger partial charge in [-0.3, -0.25) is 5.41 Å². The van der Waals surface area contributed by atoms with Crippen LogP contribution in [0.1, 0.15) is 30.4 Å². The van der Waals surface area contributed by atoms with Gasteiger partial charge in [0, 0.05) is 12.1 Å². The van der Waals surface area contributed by atoms with Crippen LogP contribution in [0.25, 0.3) is 0 Å². The molecule has 0 spiro atoms. The third kappa shape index (κ3) is 1.35. The summed E-state index contributed by atoms with van der Waals surface area (Å²) in [7, 11) is 0. The van der Waals surface area contributed by atoms with Gasteiger partial charge in [0.15, 0.2) is 0 Å². The van der Waals surface area contributed by atoms with Crippen LogP contribution in [0.2, 0.25) is 0 Å². The van der Waals surface area contributed by atoms with E-state index in [0.717, 1.165) is 36.9 Å². The molecule has 0 radical (unpaired) electrons. The van der Waals surface area contributed by atoms with Gasteiger partial charge in [0.1, 0.15) is 11.7 Å². The fourth-order valence-electron chi connectivity index (χ4n) is 3.55. The number of rotatable bonds is 1. The molecule has 1 aromatic carbocycles. The Hall–Kier alpha value is -1.42. The highest BCUT2D eigenvalue weighted by Gasteiger charge is 2.45. The Labute approximate surface area is 105 Å². The van der Waals surface area contributed by atoms with Gasteiger partial charge in [0.25, 0.3) is 0 Å². The summed E-state index contributed by atoms with van der Waals surface area (Å²) in [5.41, 5.74) is 1.81. The van der Waals surface area contributed by atoms with Gasteiger partial charge in [0.05, 0.1) is 18.2 Å². The number of benzene rings is 1. The molecule has 1 aromatic rings. The number of hydrogen-bond acceptors (Lipinski definition) is 2. The van der Waals surface area contributed by atoms with E-state index in [9.17, 15) is 4.39 Å². The van der Waals surface area contributed by atoms with E-state index in [0.29, 0.717) is 18.0 Å². The van der Waals surface area contributed by atoms with E-state index in [-0.39, 0.29) is 11.9 Å². The average Bonchev–Trinajstić information content (AvgIpc) is 3.04. The largest absolute Gasteiger partial charge is 0.373 e. The SMILES string of the molecule is N=C1c2cc(F)ccc2CN1C1CC2CCC1O2. The molecule has 0 saturated carbocycles. The zero-order chi connectivity index (χ0) is 12.3. The van der Waals surface area contributed by atoms with Gasteiger partial charge in [-0.05, 0) is 37.0 Å². The Balaban J connectivity index is 1.65. The maximum atomic E-state index is 13.2. The van der Waals surface area contributed by atoms with Crippen LogP contribution in [-0.4, -0.2) is 29.0 Å². The van der Waals surface area contributed by atoms with E-state index < -0.39 is 0 Å². The van der Waals surface area contributed by atoms with Gasteiger partial charge >= 0.3 is 0 Å². The highest BCUT2D eigenvalue weighted by molar-refractivity contribution is 6.00. The molecule has 3 aliphatic heterocycles. The van der Waals surface area contributed by atoms with Gasteiger partial charge in [-0.2, -0.15) is 0 Å². The number of amidine groups is 1. The van der Waals surface area contributed by atoms with Gasteiger partial charge in [-0.15, -0.1) is 0 Å². The summed E-state index contributed by atoms with van der Waals surface area (Å²) >= 11 is 0. The molecule has 3 nitrogen and oxygen atoms in total. The zero-order valence-corrected chi connectivity index (χ0v) is 10.0. The summed E-state index contributed by atoms with van der Waals surface area (Å²) in [6, 6.07) is 5.07. The van der Waals surface area contributed by atoms with Crippen molar-refractivity contribution >= 4 is 5.84 Å².